The Kier molecular flexibility index (Phi) is 5.64. The molecule has 2 nitrogen and oxygen atoms in total. The molecule has 0 unspecified atom stereocenters. The van der Waals surface area contributed by atoms with Crippen LogP contribution in [-0.2, 0) is 0 Å². The summed E-state index contributed by atoms with van der Waals surface area (Å²) >= 11 is 0. The van der Waals surface area contributed by atoms with E-state index in [9.17, 15) is 0 Å². The van der Waals surface area contributed by atoms with Crippen molar-refractivity contribution in [3.8, 4) is 11.5 Å². The van der Waals surface area contributed by atoms with Crippen LogP contribution < -0.4 is 41.1 Å². The van der Waals surface area contributed by atoms with Gasteiger partial charge in [-0.1, -0.05) is 128 Å². The molecular weight excluding hydrogens is 491 g/mol. The van der Waals surface area contributed by atoms with Crippen LogP contribution in [-0.4, -0.2) is 14.8 Å². The highest BCUT2D eigenvalue weighted by molar-refractivity contribution is 7.20. The summed E-state index contributed by atoms with van der Waals surface area (Å²) in [5.41, 5.74) is 3.32. The Bertz CT molecular complexity index is 1630. The summed E-state index contributed by atoms with van der Waals surface area (Å²) in [7, 11) is -2.67. The van der Waals surface area contributed by atoms with Crippen molar-refractivity contribution in [2.24, 2.45) is 0 Å². The van der Waals surface area contributed by atoms with Gasteiger partial charge in [0.2, 0.25) is 0 Å². The van der Waals surface area contributed by atoms with Gasteiger partial charge in [-0.05, 0) is 50.7 Å². The smallest absolute Gasteiger partial charge is 0.260 e. The molecule has 0 fully saturated rings. The Morgan fingerprint density at radius 2 is 1.05 bits per heavy atom. The standard InChI is InChI=1S/C35H27BO2Si/c1-25-35-26(2)38-34-23-22-30(24-32(34)36(35)31-20-12-13-21-33(31)37-25)39(27-14-6-3-7-15-27,28-16-8-4-9-17-28)29-18-10-5-11-19-29/h3-24H,2H2,1H3. The number of hydrogen-bond acceptors (Lipinski definition) is 2. The number of hydrogen-bond donors (Lipinski definition) is 0. The summed E-state index contributed by atoms with van der Waals surface area (Å²) in [6.45, 7) is 6.30. The molecule has 0 radical (unpaired) electrons. The third kappa shape index (κ3) is 3.63. The summed E-state index contributed by atoms with van der Waals surface area (Å²) < 4.78 is 12.6. The van der Waals surface area contributed by atoms with Crippen LogP contribution in [0.5, 0.6) is 11.5 Å². The van der Waals surface area contributed by atoms with Gasteiger partial charge in [0.05, 0.1) is 5.76 Å². The van der Waals surface area contributed by atoms with Gasteiger partial charge in [0.15, 0.2) is 8.07 Å². The molecule has 0 amide bonds. The van der Waals surface area contributed by atoms with Gasteiger partial charge in [-0.15, -0.1) is 0 Å². The predicted octanol–water partition coefficient (Wildman–Crippen LogP) is 3.78. The van der Waals surface area contributed by atoms with Crippen molar-refractivity contribution in [2.75, 3.05) is 0 Å². The van der Waals surface area contributed by atoms with E-state index in [1.807, 2.05) is 19.1 Å². The highest BCUT2D eigenvalue weighted by Crippen LogP contribution is 2.33. The zero-order chi connectivity index (χ0) is 26.4. The van der Waals surface area contributed by atoms with Crippen LogP contribution >= 0.6 is 0 Å². The lowest BCUT2D eigenvalue weighted by molar-refractivity contribution is 0.401. The van der Waals surface area contributed by atoms with Crippen LogP contribution in [0.2, 0.25) is 0 Å². The third-order valence-corrected chi connectivity index (χ3v) is 12.8. The maximum Gasteiger partial charge on any atom is 0.260 e. The van der Waals surface area contributed by atoms with Gasteiger partial charge in [-0.25, -0.2) is 0 Å². The molecule has 0 atom stereocenters. The van der Waals surface area contributed by atoms with Crippen molar-refractivity contribution in [3.05, 3.63) is 157 Å². The van der Waals surface area contributed by atoms with Crippen LogP contribution in [0, 0.1) is 0 Å². The van der Waals surface area contributed by atoms with Crippen molar-refractivity contribution in [1.29, 1.82) is 0 Å². The lowest BCUT2D eigenvalue weighted by Gasteiger charge is -2.37. The maximum absolute atomic E-state index is 6.35. The van der Waals surface area contributed by atoms with Crippen LogP contribution in [0.25, 0.3) is 0 Å². The molecule has 186 valence electrons. The van der Waals surface area contributed by atoms with Gasteiger partial charge < -0.3 is 9.47 Å². The zero-order valence-electron chi connectivity index (χ0n) is 21.8. The molecule has 0 saturated carbocycles. The molecule has 2 aliphatic heterocycles. The van der Waals surface area contributed by atoms with Crippen molar-refractivity contribution in [1.82, 2.24) is 0 Å². The van der Waals surface area contributed by atoms with E-state index >= 15 is 0 Å². The molecule has 0 spiro atoms. The van der Waals surface area contributed by atoms with Gasteiger partial charge in [0, 0.05) is 5.47 Å². The second-order valence-electron chi connectivity index (χ2n) is 10.2. The number of para-hydroxylation sites is 1. The summed E-state index contributed by atoms with van der Waals surface area (Å²) in [5.74, 6) is 3.26. The Hall–Kier alpha value is -4.54. The molecule has 2 aliphatic rings. The van der Waals surface area contributed by atoms with E-state index in [4.69, 9.17) is 9.47 Å². The SMILES string of the molecule is C=C1Oc2ccc([Si](c3ccccc3)(c3ccccc3)c3ccccc3)cc2B2C1=C(C)Oc1ccccc12. The normalized spacial score (nSPS) is 14.1. The van der Waals surface area contributed by atoms with Gasteiger partial charge in [0.25, 0.3) is 6.71 Å². The molecule has 39 heavy (non-hydrogen) atoms. The minimum absolute atomic E-state index is 0.000157. The topological polar surface area (TPSA) is 18.5 Å². The number of benzene rings is 5. The fourth-order valence-electron chi connectivity index (χ4n) is 6.42. The molecule has 0 aromatic heterocycles. The number of allylic oxidation sites excluding steroid dienone is 2. The quantitative estimate of drug-likeness (QED) is 0.266. The first kappa shape index (κ1) is 23.6. The second-order valence-corrected chi connectivity index (χ2v) is 14.0. The zero-order valence-corrected chi connectivity index (χ0v) is 22.8. The fourth-order valence-corrected chi connectivity index (χ4v) is 11.2. The molecule has 0 N–H and O–H groups in total. The van der Waals surface area contributed by atoms with Crippen molar-refractivity contribution in [3.63, 3.8) is 0 Å². The molecule has 0 bridgehead atoms. The fraction of sp³-hybridized carbons (Fsp3) is 0.0286. The Labute approximate surface area is 231 Å². The highest BCUT2D eigenvalue weighted by atomic mass is 28.3. The Morgan fingerprint density at radius 1 is 0.538 bits per heavy atom. The molecular formula is C35H27BO2Si. The molecule has 5 aromatic carbocycles. The van der Waals surface area contributed by atoms with E-state index < -0.39 is 8.07 Å². The van der Waals surface area contributed by atoms with Crippen molar-refractivity contribution in [2.45, 2.75) is 6.92 Å². The van der Waals surface area contributed by atoms with Crippen LogP contribution in [0.3, 0.4) is 0 Å². The summed E-state index contributed by atoms with van der Waals surface area (Å²) in [6.07, 6.45) is 0. The Balaban J connectivity index is 1.56. The van der Waals surface area contributed by atoms with Gasteiger partial charge in [-0.2, -0.15) is 0 Å². The largest absolute Gasteiger partial charge is 0.463 e. The Morgan fingerprint density at radius 3 is 1.64 bits per heavy atom. The van der Waals surface area contributed by atoms with E-state index in [-0.39, 0.29) is 6.71 Å². The summed E-state index contributed by atoms with van der Waals surface area (Å²) in [5, 5.41) is 5.37. The first-order valence-electron chi connectivity index (χ1n) is 13.3. The molecule has 2 heterocycles. The molecule has 5 aromatic rings. The first-order chi connectivity index (χ1) is 19.2. The average Bonchev–Trinajstić information content (AvgIpc) is 2.99. The molecule has 0 saturated heterocycles. The van der Waals surface area contributed by atoms with Crippen LogP contribution in [0.1, 0.15) is 6.92 Å². The molecule has 4 heteroatoms. The van der Waals surface area contributed by atoms with E-state index in [0.29, 0.717) is 5.76 Å². The highest BCUT2D eigenvalue weighted by Gasteiger charge is 2.45. The first-order valence-corrected chi connectivity index (χ1v) is 15.3. The van der Waals surface area contributed by atoms with E-state index in [1.54, 1.807) is 0 Å². The average molecular weight is 518 g/mol. The minimum atomic E-state index is -2.67. The van der Waals surface area contributed by atoms with E-state index in [1.165, 1.54) is 20.7 Å². The summed E-state index contributed by atoms with van der Waals surface area (Å²) in [6, 6.07) is 48.2. The lowest BCUT2D eigenvalue weighted by Crippen LogP contribution is -2.75. The minimum Gasteiger partial charge on any atom is -0.463 e. The van der Waals surface area contributed by atoms with Gasteiger partial charge in [-0.3, -0.25) is 0 Å². The predicted molar refractivity (Wildman–Crippen MR) is 165 cm³/mol. The maximum atomic E-state index is 6.35. The van der Waals surface area contributed by atoms with Crippen molar-refractivity contribution < 1.29 is 9.47 Å². The summed E-state index contributed by atoms with van der Waals surface area (Å²) in [4.78, 5) is 0. The van der Waals surface area contributed by atoms with E-state index in [0.717, 1.165) is 33.7 Å². The molecule has 0 aliphatic carbocycles. The lowest BCUT2D eigenvalue weighted by atomic mass is 9.34. The van der Waals surface area contributed by atoms with Crippen molar-refractivity contribution >= 4 is 46.5 Å². The number of fused-ring (bicyclic) bond motifs is 5. The number of ether oxygens (including phenoxy) is 2. The number of rotatable bonds is 4. The van der Waals surface area contributed by atoms with Crippen LogP contribution in [0.4, 0.5) is 0 Å². The van der Waals surface area contributed by atoms with Gasteiger partial charge in [0.1, 0.15) is 17.3 Å². The molecule has 7 rings (SSSR count). The van der Waals surface area contributed by atoms with Gasteiger partial charge >= 0.3 is 0 Å². The van der Waals surface area contributed by atoms with E-state index in [2.05, 4.69) is 128 Å². The monoisotopic (exact) mass is 518 g/mol. The second kappa shape index (κ2) is 9.33. The van der Waals surface area contributed by atoms with Crippen LogP contribution in [0.15, 0.2) is 157 Å². The third-order valence-electron chi connectivity index (χ3n) is 8.07.